The molecule has 0 bridgehead atoms. The molecule has 0 nitrogen and oxygen atoms in total. The van der Waals surface area contributed by atoms with Crippen molar-refractivity contribution in [1.82, 2.24) is 0 Å². The Kier molecular flexibility index (Phi) is 3.65. The lowest BCUT2D eigenvalue weighted by molar-refractivity contribution is -0.0384. The van der Waals surface area contributed by atoms with E-state index < -0.39 is 0 Å². The van der Waals surface area contributed by atoms with E-state index in [2.05, 4.69) is 51.8 Å². The van der Waals surface area contributed by atoms with Gasteiger partial charge in [-0.3, -0.25) is 0 Å². The van der Waals surface area contributed by atoms with Crippen LogP contribution in [0, 0.1) is 47.9 Å². The summed E-state index contributed by atoms with van der Waals surface area (Å²) in [6.07, 6.45) is 13.6. The van der Waals surface area contributed by atoms with E-state index in [1.54, 1.807) is 11.1 Å². The Labute approximate surface area is 148 Å². The van der Waals surface area contributed by atoms with Crippen molar-refractivity contribution in [2.24, 2.45) is 28.6 Å². The lowest BCUT2D eigenvalue weighted by atomic mass is 9.48. The Morgan fingerprint density at radius 1 is 1.21 bits per heavy atom. The average Bonchev–Trinajstić information content (AvgIpc) is 2.77. The van der Waals surface area contributed by atoms with Gasteiger partial charge in [0.1, 0.15) is 0 Å². The zero-order chi connectivity index (χ0) is 17.1. The van der Waals surface area contributed by atoms with E-state index in [9.17, 15) is 0 Å². The minimum Gasteiger partial charge on any atom is -0.120 e. The second-order valence-corrected chi connectivity index (χ2v) is 9.75. The Bertz CT molecular complexity index is 688. The van der Waals surface area contributed by atoms with Gasteiger partial charge in [0.2, 0.25) is 0 Å². The van der Waals surface area contributed by atoms with E-state index in [0.717, 1.165) is 18.3 Å². The third kappa shape index (κ3) is 2.13. The second-order valence-electron chi connectivity index (χ2n) is 9.75. The number of hydrogen-bond acceptors (Lipinski definition) is 0. The summed E-state index contributed by atoms with van der Waals surface area (Å²) in [7, 11) is 0. The summed E-state index contributed by atoms with van der Waals surface area (Å²) in [4.78, 5) is 0. The lowest BCUT2D eigenvalue weighted by Crippen LogP contribution is -2.48. The van der Waals surface area contributed by atoms with Crippen molar-refractivity contribution in [3.8, 4) is 12.3 Å². The maximum Gasteiger partial charge on any atom is 0.0121 e. The molecular formula is C24H32. The highest BCUT2D eigenvalue weighted by Crippen LogP contribution is 2.68. The Morgan fingerprint density at radius 2 is 2.00 bits per heavy atom. The van der Waals surface area contributed by atoms with Gasteiger partial charge in [0.15, 0.2) is 0 Å². The summed E-state index contributed by atoms with van der Waals surface area (Å²) < 4.78 is 0. The summed E-state index contributed by atoms with van der Waals surface area (Å²) in [5.74, 6) is 6.15. The largest absolute Gasteiger partial charge is 0.120 e. The van der Waals surface area contributed by atoms with Crippen molar-refractivity contribution in [1.29, 1.82) is 0 Å². The van der Waals surface area contributed by atoms with E-state index in [4.69, 9.17) is 6.42 Å². The van der Waals surface area contributed by atoms with Gasteiger partial charge in [0.25, 0.3) is 0 Å². The summed E-state index contributed by atoms with van der Waals surface area (Å²) in [6.45, 7) is 9.85. The second kappa shape index (κ2) is 5.39. The van der Waals surface area contributed by atoms with E-state index in [1.807, 2.05) is 0 Å². The molecule has 0 aromatic heterocycles. The molecule has 2 fully saturated rings. The van der Waals surface area contributed by atoms with Gasteiger partial charge in [-0.2, -0.15) is 0 Å². The Hall–Kier alpha value is -1.22. The van der Waals surface area contributed by atoms with E-state index in [-0.39, 0.29) is 0 Å². The van der Waals surface area contributed by atoms with Crippen LogP contribution in [-0.2, 0) is 6.42 Å². The van der Waals surface area contributed by atoms with Crippen LogP contribution in [-0.4, -0.2) is 0 Å². The highest BCUT2D eigenvalue weighted by atomic mass is 14.6. The molecule has 2 saturated carbocycles. The highest BCUT2D eigenvalue weighted by molar-refractivity contribution is 5.38. The molecule has 0 aliphatic heterocycles. The first kappa shape index (κ1) is 16.3. The SMILES string of the molecule is C#CC[C@H]1CC2(C)C(CCC2(C)C)C2CCc3cc(C)ccc3C21. The van der Waals surface area contributed by atoms with Crippen LogP contribution in [0.3, 0.4) is 0 Å². The van der Waals surface area contributed by atoms with Crippen LogP contribution in [0.2, 0.25) is 0 Å². The fourth-order valence-electron chi connectivity index (χ4n) is 6.82. The van der Waals surface area contributed by atoms with Crippen molar-refractivity contribution in [2.45, 2.75) is 72.1 Å². The molecule has 24 heavy (non-hydrogen) atoms. The van der Waals surface area contributed by atoms with Crippen LogP contribution in [0.4, 0.5) is 0 Å². The molecule has 0 spiro atoms. The molecule has 0 amide bonds. The van der Waals surface area contributed by atoms with Crippen molar-refractivity contribution in [2.75, 3.05) is 0 Å². The topological polar surface area (TPSA) is 0 Å². The number of terminal acetylenes is 1. The maximum atomic E-state index is 5.82. The fourth-order valence-corrected chi connectivity index (χ4v) is 6.82. The smallest absolute Gasteiger partial charge is 0.0121 e. The molecule has 3 aliphatic carbocycles. The minimum atomic E-state index is 0.461. The van der Waals surface area contributed by atoms with Gasteiger partial charge in [0.05, 0.1) is 0 Å². The van der Waals surface area contributed by atoms with Crippen molar-refractivity contribution in [3.63, 3.8) is 0 Å². The predicted molar refractivity (Wildman–Crippen MR) is 102 cm³/mol. The molecule has 0 saturated heterocycles. The number of benzene rings is 1. The van der Waals surface area contributed by atoms with Crippen LogP contribution in [0.15, 0.2) is 18.2 Å². The van der Waals surface area contributed by atoms with E-state index in [1.165, 1.54) is 37.7 Å². The molecule has 4 rings (SSSR count). The molecule has 0 heteroatoms. The van der Waals surface area contributed by atoms with Gasteiger partial charge in [-0.25, -0.2) is 0 Å². The molecule has 4 unspecified atom stereocenters. The van der Waals surface area contributed by atoms with Crippen LogP contribution in [0.5, 0.6) is 0 Å². The molecule has 3 aliphatic rings. The first-order chi connectivity index (χ1) is 11.4. The summed E-state index contributed by atoms with van der Waals surface area (Å²) in [5, 5.41) is 0. The van der Waals surface area contributed by atoms with Gasteiger partial charge in [0, 0.05) is 6.42 Å². The molecule has 1 aromatic rings. The Morgan fingerprint density at radius 3 is 2.75 bits per heavy atom. The number of fused-ring (bicyclic) bond motifs is 5. The van der Waals surface area contributed by atoms with Crippen LogP contribution in [0.25, 0.3) is 0 Å². The molecular weight excluding hydrogens is 288 g/mol. The summed E-state index contributed by atoms with van der Waals surface area (Å²) in [6, 6.07) is 7.19. The summed E-state index contributed by atoms with van der Waals surface area (Å²) >= 11 is 0. The number of rotatable bonds is 1. The van der Waals surface area contributed by atoms with Crippen molar-refractivity contribution in [3.05, 3.63) is 34.9 Å². The molecule has 0 radical (unpaired) electrons. The molecule has 1 aromatic carbocycles. The van der Waals surface area contributed by atoms with Crippen LogP contribution >= 0.6 is 0 Å². The zero-order valence-electron chi connectivity index (χ0n) is 15.9. The first-order valence-corrected chi connectivity index (χ1v) is 9.90. The van der Waals surface area contributed by atoms with Crippen molar-refractivity contribution < 1.29 is 0 Å². The monoisotopic (exact) mass is 320 g/mol. The van der Waals surface area contributed by atoms with Crippen molar-refractivity contribution >= 4 is 0 Å². The average molecular weight is 321 g/mol. The zero-order valence-corrected chi connectivity index (χ0v) is 15.9. The summed E-state index contributed by atoms with van der Waals surface area (Å²) in [5.41, 5.74) is 5.59. The van der Waals surface area contributed by atoms with Gasteiger partial charge >= 0.3 is 0 Å². The Balaban J connectivity index is 1.80. The standard InChI is InChI=1S/C24H32/c1-6-7-18-15-24(5)21(12-13-23(24,3)4)20-11-9-17-14-16(2)8-10-19(17)22(18)20/h1,8,10,14,18,20-22H,7,9,11-13,15H2,2-5H3/t18-,20?,21?,22?,24?/m0/s1. The molecule has 5 atom stereocenters. The minimum absolute atomic E-state index is 0.461. The maximum absolute atomic E-state index is 5.82. The molecule has 0 heterocycles. The number of hydrogen-bond donors (Lipinski definition) is 0. The third-order valence-corrected chi connectivity index (χ3v) is 8.40. The van der Waals surface area contributed by atoms with Gasteiger partial charge in [-0.15, -0.1) is 12.3 Å². The van der Waals surface area contributed by atoms with E-state index in [0.29, 0.717) is 22.7 Å². The highest BCUT2D eigenvalue weighted by Gasteiger charge is 2.60. The molecule has 128 valence electrons. The molecule has 0 N–H and O–H groups in total. The number of aryl methyl sites for hydroxylation is 2. The van der Waals surface area contributed by atoms with Crippen LogP contribution < -0.4 is 0 Å². The predicted octanol–water partition coefficient (Wildman–Crippen LogP) is 6.13. The van der Waals surface area contributed by atoms with Gasteiger partial charge in [-0.1, -0.05) is 44.5 Å². The quantitative estimate of drug-likeness (QED) is 0.546. The van der Waals surface area contributed by atoms with E-state index >= 15 is 0 Å². The lowest BCUT2D eigenvalue weighted by Gasteiger charge is -2.56. The van der Waals surface area contributed by atoms with Crippen LogP contribution in [0.1, 0.15) is 75.5 Å². The fraction of sp³-hybridized carbons (Fsp3) is 0.667. The van der Waals surface area contributed by atoms with Gasteiger partial charge in [-0.05, 0) is 84.7 Å². The first-order valence-electron chi connectivity index (χ1n) is 9.90. The van der Waals surface area contributed by atoms with Gasteiger partial charge < -0.3 is 0 Å². The third-order valence-electron chi connectivity index (χ3n) is 8.40. The normalized spacial score (nSPS) is 39.5.